The molecule has 168 valence electrons. The molecule has 2 heterocycles. The lowest BCUT2D eigenvalue weighted by atomic mass is 9.85. The number of aliphatic hydroxyl groups is 1. The van der Waals surface area contributed by atoms with E-state index in [2.05, 4.69) is 15.6 Å². The van der Waals surface area contributed by atoms with Crippen molar-refractivity contribution in [3.63, 3.8) is 0 Å². The van der Waals surface area contributed by atoms with Gasteiger partial charge in [-0.3, -0.25) is 9.59 Å². The van der Waals surface area contributed by atoms with Crippen LogP contribution >= 0.6 is 0 Å². The zero-order valence-electron chi connectivity index (χ0n) is 18.1. The van der Waals surface area contributed by atoms with Gasteiger partial charge >= 0.3 is 0 Å². The minimum Gasteiger partial charge on any atom is -0.508 e. The lowest BCUT2D eigenvalue weighted by Gasteiger charge is -2.34. The zero-order chi connectivity index (χ0) is 22.8. The van der Waals surface area contributed by atoms with E-state index in [-0.39, 0.29) is 37.1 Å². The van der Waals surface area contributed by atoms with Crippen LogP contribution in [0.5, 0.6) is 11.5 Å². The van der Waals surface area contributed by atoms with E-state index in [1.807, 2.05) is 20.8 Å². The summed E-state index contributed by atoms with van der Waals surface area (Å²) < 4.78 is 7.11. The number of carbonyl (C=O) groups excluding carboxylic acids is 2. The summed E-state index contributed by atoms with van der Waals surface area (Å²) in [5, 5.41) is 30.4. The first-order valence-electron chi connectivity index (χ1n) is 10.1. The van der Waals surface area contributed by atoms with Gasteiger partial charge in [-0.05, 0) is 17.5 Å². The first-order valence-corrected chi connectivity index (χ1v) is 10.1. The van der Waals surface area contributed by atoms with Crippen LogP contribution in [0.4, 0.5) is 0 Å². The van der Waals surface area contributed by atoms with Crippen molar-refractivity contribution in [1.29, 1.82) is 0 Å². The van der Waals surface area contributed by atoms with Crippen LogP contribution in [0.15, 0.2) is 30.5 Å². The molecule has 2 unspecified atom stereocenters. The molecule has 0 aliphatic carbocycles. The average molecular weight is 431 g/mol. The summed E-state index contributed by atoms with van der Waals surface area (Å²) in [5.74, 6) is -0.0326. The summed E-state index contributed by atoms with van der Waals surface area (Å²) in [7, 11) is 1.51. The van der Waals surface area contributed by atoms with Crippen molar-refractivity contribution in [2.24, 2.45) is 5.41 Å². The molecule has 1 aromatic carbocycles. The Kier molecular flexibility index (Phi) is 6.49. The van der Waals surface area contributed by atoms with Gasteiger partial charge in [-0.2, -0.15) is 0 Å². The quantitative estimate of drug-likeness (QED) is 0.618. The van der Waals surface area contributed by atoms with E-state index in [4.69, 9.17) is 4.74 Å². The fourth-order valence-corrected chi connectivity index (χ4v) is 3.75. The second-order valence-corrected chi connectivity index (χ2v) is 8.75. The molecule has 0 saturated carbocycles. The Morgan fingerprint density at radius 3 is 2.74 bits per heavy atom. The standard InChI is InChI=1S/C21H29N5O5/c1-21(2,3)18(20(30)25-11-15(28)9-17(25)19(29)22-4)26-10-13(23-24-26)12-31-16-7-5-6-14(27)8-16/h5-8,10,15,17-18,27-28H,9,11-12H2,1-4H3,(H,22,29)/t15?,17?,18-/m1/s1. The van der Waals surface area contributed by atoms with E-state index >= 15 is 0 Å². The van der Waals surface area contributed by atoms with Crippen molar-refractivity contribution in [3.8, 4) is 11.5 Å². The Hall–Kier alpha value is -3.14. The van der Waals surface area contributed by atoms with Gasteiger partial charge in [-0.25, -0.2) is 4.68 Å². The van der Waals surface area contributed by atoms with E-state index in [0.29, 0.717) is 11.4 Å². The Morgan fingerprint density at radius 1 is 1.35 bits per heavy atom. The number of nitrogens with zero attached hydrogens (tertiary/aromatic N) is 4. The average Bonchev–Trinajstić information content (AvgIpc) is 3.31. The third-order valence-electron chi connectivity index (χ3n) is 5.19. The van der Waals surface area contributed by atoms with Gasteiger partial charge < -0.3 is 25.2 Å². The highest BCUT2D eigenvalue weighted by molar-refractivity contribution is 5.90. The number of carbonyl (C=O) groups is 2. The van der Waals surface area contributed by atoms with Crippen molar-refractivity contribution >= 4 is 11.8 Å². The number of likely N-dealkylation sites (N-methyl/N-ethyl adjacent to an activating group) is 1. The van der Waals surface area contributed by atoms with E-state index in [0.717, 1.165) is 0 Å². The molecule has 10 nitrogen and oxygen atoms in total. The lowest BCUT2D eigenvalue weighted by Crippen LogP contribution is -2.49. The molecule has 3 N–H and O–H groups in total. The molecule has 0 bridgehead atoms. The lowest BCUT2D eigenvalue weighted by molar-refractivity contribution is -0.144. The highest BCUT2D eigenvalue weighted by Crippen LogP contribution is 2.34. The number of aromatic hydroxyl groups is 1. The predicted molar refractivity (Wildman–Crippen MR) is 111 cm³/mol. The van der Waals surface area contributed by atoms with Gasteiger partial charge in [0.25, 0.3) is 0 Å². The van der Waals surface area contributed by atoms with Crippen molar-refractivity contribution in [2.75, 3.05) is 13.6 Å². The van der Waals surface area contributed by atoms with Gasteiger partial charge in [0, 0.05) is 26.1 Å². The molecule has 3 atom stereocenters. The third-order valence-corrected chi connectivity index (χ3v) is 5.19. The van der Waals surface area contributed by atoms with Crippen LogP contribution in [-0.2, 0) is 16.2 Å². The maximum atomic E-state index is 13.5. The maximum Gasteiger partial charge on any atom is 0.248 e. The predicted octanol–water partition coefficient (Wildman–Crippen LogP) is 0.858. The van der Waals surface area contributed by atoms with Gasteiger partial charge in [0.05, 0.1) is 12.3 Å². The number of hydrogen-bond acceptors (Lipinski definition) is 7. The number of rotatable bonds is 6. The Balaban J connectivity index is 1.80. The van der Waals surface area contributed by atoms with Gasteiger partial charge in [-0.15, -0.1) is 5.10 Å². The van der Waals surface area contributed by atoms with Crippen LogP contribution < -0.4 is 10.1 Å². The highest BCUT2D eigenvalue weighted by atomic mass is 16.5. The number of hydrogen-bond donors (Lipinski definition) is 3. The second kappa shape index (κ2) is 8.93. The molecule has 1 aliphatic rings. The summed E-state index contributed by atoms with van der Waals surface area (Å²) in [4.78, 5) is 27.1. The Labute approximate surface area is 180 Å². The van der Waals surface area contributed by atoms with Crippen molar-refractivity contribution in [2.45, 2.75) is 52.0 Å². The second-order valence-electron chi connectivity index (χ2n) is 8.75. The van der Waals surface area contributed by atoms with Crippen molar-refractivity contribution in [3.05, 3.63) is 36.2 Å². The van der Waals surface area contributed by atoms with Gasteiger partial charge in [0.2, 0.25) is 11.8 Å². The molecule has 1 fully saturated rings. The number of aromatic nitrogens is 3. The van der Waals surface area contributed by atoms with Crippen LogP contribution in [0.25, 0.3) is 0 Å². The van der Waals surface area contributed by atoms with Crippen molar-refractivity contribution in [1.82, 2.24) is 25.2 Å². The Morgan fingerprint density at radius 2 is 2.10 bits per heavy atom. The summed E-state index contributed by atoms with van der Waals surface area (Å²) in [6.45, 7) is 5.91. The molecule has 2 aromatic rings. The van der Waals surface area contributed by atoms with Gasteiger partial charge in [0.15, 0.2) is 0 Å². The minimum absolute atomic E-state index is 0.0890. The van der Waals surface area contributed by atoms with E-state index in [1.165, 1.54) is 22.7 Å². The molecular formula is C21H29N5O5. The molecule has 1 saturated heterocycles. The summed E-state index contributed by atoms with van der Waals surface area (Å²) in [5.41, 5.74) is -0.0238. The Bertz CT molecular complexity index is 938. The SMILES string of the molecule is CNC(=O)C1CC(O)CN1C(=O)[C@@H](n1cc(COc2cccc(O)c2)nn1)C(C)(C)C. The first kappa shape index (κ1) is 22.5. The largest absolute Gasteiger partial charge is 0.508 e. The number of ether oxygens (including phenoxy) is 1. The summed E-state index contributed by atoms with van der Waals surface area (Å²) in [6.07, 6.45) is 1.08. The van der Waals surface area contributed by atoms with Crippen LogP contribution in [0.1, 0.15) is 38.9 Å². The van der Waals surface area contributed by atoms with E-state index in [9.17, 15) is 19.8 Å². The van der Waals surface area contributed by atoms with Crippen molar-refractivity contribution < 1.29 is 24.5 Å². The minimum atomic E-state index is -0.756. The first-order chi connectivity index (χ1) is 14.6. The monoisotopic (exact) mass is 431 g/mol. The number of phenols is 1. The number of aliphatic hydroxyl groups excluding tert-OH is 1. The number of phenolic OH excluding ortho intramolecular Hbond substituents is 1. The normalized spacial score (nSPS) is 19.8. The fraction of sp³-hybridized carbons (Fsp3) is 0.524. The number of benzene rings is 1. The molecule has 3 rings (SSSR count). The van der Waals surface area contributed by atoms with E-state index in [1.54, 1.807) is 24.4 Å². The highest BCUT2D eigenvalue weighted by Gasteiger charge is 2.44. The topological polar surface area (TPSA) is 130 Å². The smallest absolute Gasteiger partial charge is 0.248 e. The molecule has 1 aromatic heterocycles. The summed E-state index contributed by atoms with van der Waals surface area (Å²) in [6, 6.07) is 4.96. The molecule has 0 radical (unpaired) electrons. The maximum absolute atomic E-state index is 13.5. The molecule has 0 spiro atoms. The molecule has 10 heteroatoms. The number of likely N-dealkylation sites (tertiary alicyclic amines) is 1. The summed E-state index contributed by atoms with van der Waals surface area (Å²) >= 11 is 0. The van der Waals surface area contributed by atoms with Crippen LogP contribution in [0, 0.1) is 5.41 Å². The molecule has 2 amide bonds. The zero-order valence-corrected chi connectivity index (χ0v) is 18.1. The molecular weight excluding hydrogens is 402 g/mol. The van der Waals surface area contributed by atoms with Gasteiger partial charge in [0.1, 0.15) is 35.9 Å². The number of nitrogens with one attached hydrogen (secondary N) is 1. The number of β-amino-alcohol motifs (C(OH)–C–C–N with tert-alkyl or cyclic N) is 1. The van der Waals surface area contributed by atoms with E-state index < -0.39 is 23.6 Å². The van der Waals surface area contributed by atoms with Crippen LogP contribution in [-0.4, -0.2) is 67.7 Å². The molecule has 1 aliphatic heterocycles. The third kappa shape index (κ3) is 5.13. The molecule has 31 heavy (non-hydrogen) atoms. The van der Waals surface area contributed by atoms with Crippen LogP contribution in [0.3, 0.4) is 0 Å². The van der Waals surface area contributed by atoms with Crippen LogP contribution in [0.2, 0.25) is 0 Å². The fourth-order valence-electron chi connectivity index (χ4n) is 3.75. The number of amides is 2. The van der Waals surface area contributed by atoms with Gasteiger partial charge in [-0.1, -0.05) is 32.1 Å².